The van der Waals surface area contributed by atoms with Gasteiger partial charge in [-0.3, -0.25) is 4.90 Å². The zero-order valence-electron chi connectivity index (χ0n) is 13.3. The van der Waals surface area contributed by atoms with E-state index in [1.807, 2.05) is 0 Å². The molecule has 1 aliphatic heterocycles. The van der Waals surface area contributed by atoms with E-state index >= 15 is 0 Å². The van der Waals surface area contributed by atoms with Gasteiger partial charge in [-0.15, -0.1) is 0 Å². The molecular weight excluding hydrogens is 276 g/mol. The lowest BCUT2D eigenvalue weighted by molar-refractivity contribution is 0.114. The maximum absolute atomic E-state index is 11.9. The van der Waals surface area contributed by atoms with Crippen molar-refractivity contribution in [1.29, 1.82) is 5.26 Å². The van der Waals surface area contributed by atoms with Gasteiger partial charge in [0.2, 0.25) is 0 Å². The topological polar surface area (TPSA) is 68.2 Å². The van der Waals surface area contributed by atoms with E-state index in [-0.39, 0.29) is 6.03 Å². The van der Waals surface area contributed by atoms with Crippen LogP contribution < -0.4 is 10.6 Å². The lowest BCUT2D eigenvalue weighted by Gasteiger charge is -2.38. The number of nitriles is 1. The first-order chi connectivity index (χ1) is 10.6. The quantitative estimate of drug-likeness (QED) is 0.898. The van der Waals surface area contributed by atoms with Crippen LogP contribution in [0.5, 0.6) is 0 Å². The summed E-state index contributed by atoms with van der Waals surface area (Å²) in [5.41, 5.74) is 1.27. The number of piperidine rings is 1. The molecule has 22 heavy (non-hydrogen) atoms. The molecule has 1 aromatic rings. The lowest BCUT2D eigenvalue weighted by Crippen LogP contribution is -2.49. The molecule has 5 heteroatoms. The Kier molecular flexibility index (Phi) is 5.79. The molecule has 0 aromatic heterocycles. The fraction of sp³-hybridized carbons (Fsp3) is 0.529. The minimum absolute atomic E-state index is 0.207. The van der Waals surface area contributed by atoms with Gasteiger partial charge in [0.1, 0.15) is 0 Å². The highest BCUT2D eigenvalue weighted by molar-refractivity contribution is 5.89. The normalized spacial score (nSPS) is 20.0. The molecule has 5 nitrogen and oxygen atoms in total. The molecule has 2 rings (SSSR count). The highest BCUT2D eigenvalue weighted by Crippen LogP contribution is 2.18. The molecule has 1 heterocycles. The van der Waals surface area contributed by atoms with Gasteiger partial charge in [-0.1, -0.05) is 6.42 Å². The van der Waals surface area contributed by atoms with Crippen molar-refractivity contribution in [2.75, 3.05) is 18.4 Å². The lowest BCUT2D eigenvalue weighted by atomic mass is 10.0. The number of hydrogen-bond donors (Lipinski definition) is 2. The van der Waals surface area contributed by atoms with Crippen LogP contribution in [0.2, 0.25) is 0 Å². The Morgan fingerprint density at radius 3 is 2.77 bits per heavy atom. The first kappa shape index (κ1) is 16.3. The van der Waals surface area contributed by atoms with Gasteiger partial charge in [0.25, 0.3) is 0 Å². The molecule has 0 spiro atoms. The van der Waals surface area contributed by atoms with Crippen molar-refractivity contribution < 1.29 is 4.79 Å². The van der Waals surface area contributed by atoms with E-state index in [1.165, 1.54) is 19.3 Å². The molecule has 2 atom stereocenters. The number of hydrogen-bond acceptors (Lipinski definition) is 3. The maximum atomic E-state index is 11.9. The first-order valence-electron chi connectivity index (χ1n) is 7.91. The van der Waals surface area contributed by atoms with Gasteiger partial charge in [0.05, 0.1) is 11.6 Å². The summed E-state index contributed by atoms with van der Waals surface area (Å²) >= 11 is 0. The molecule has 0 aliphatic carbocycles. The second kappa shape index (κ2) is 7.81. The number of likely N-dealkylation sites (tertiary alicyclic amines) is 1. The minimum Gasteiger partial charge on any atom is -0.336 e. The Labute approximate surface area is 132 Å². The third kappa shape index (κ3) is 4.47. The fourth-order valence-electron chi connectivity index (χ4n) is 2.94. The molecule has 1 aromatic carbocycles. The third-order valence-electron chi connectivity index (χ3n) is 4.25. The molecule has 2 N–H and O–H groups in total. The molecule has 1 aliphatic rings. The third-order valence-corrected chi connectivity index (χ3v) is 4.25. The van der Waals surface area contributed by atoms with E-state index in [9.17, 15) is 4.79 Å². The average Bonchev–Trinajstić information content (AvgIpc) is 2.54. The van der Waals surface area contributed by atoms with E-state index in [0.717, 1.165) is 6.54 Å². The Morgan fingerprint density at radius 2 is 2.14 bits per heavy atom. The summed E-state index contributed by atoms with van der Waals surface area (Å²) in [5, 5.41) is 14.5. The van der Waals surface area contributed by atoms with Gasteiger partial charge >= 0.3 is 6.03 Å². The number of carbonyl (C=O) groups is 1. The van der Waals surface area contributed by atoms with Gasteiger partial charge in [-0.2, -0.15) is 5.26 Å². The molecule has 0 bridgehead atoms. The van der Waals surface area contributed by atoms with Crippen molar-refractivity contribution in [3.8, 4) is 6.07 Å². The molecule has 0 unspecified atom stereocenters. The second-order valence-corrected chi connectivity index (χ2v) is 5.96. The Morgan fingerprint density at radius 1 is 1.41 bits per heavy atom. The Hall–Kier alpha value is -2.06. The predicted octanol–water partition coefficient (Wildman–Crippen LogP) is 2.94. The van der Waals surface area contributed by atoms with Crippen LogP contribution in [-0.2, 0) is 0 Å². The average molecular weight is 300 g/mol. The van der Waals surface area contributed by atoms with E-state index in [4.69, 9.17) is 5.26 Å². The number of amides is 2. The molecule has 0 radical (unpaired) electrons. The molecule has 1 fully saturated rings. The molecule has 1 saturated heterocycles. The Balaban J connectivity index is 1.78. The number of nitrogens with one attached hydrogen (secondary N) is 2. The van der Waals surface area contributed by atoms with Crippen molar-refractivity contribution in [3.05, 3.63) is 29.8 Å². The van der Waals surface area contributed by atoms with E-state index in [2.05, 4.69) is 35.5 Å². The fourth-order valence-corrected chi connectivity index (χ4v) is 2.94. The van der Waals surface area contributed by atoms with Crippen LogP contribution in [0.25, 0.3) is 0 Å². The van der Waals surface area contributed by atoms with Crippen molar-refractivity contribution in [2.45, 2.75) is 45.2 Å². The van der Waals surface area contributed by atoms with Crippen LogP contribution in [-0.4, -0.2) is 36.1 Å². The van der Waals surface area contributed by atoms with Crippen LogP contribution in [0, 0.1) is 11.3 Å². The summed E-state index contributed by atoms with van der Waals surface area (Å²) < 4.78 is 0. The second-order valence-electron chi connectivity index (χ2n) is 5.96. The van der Waals surface area contributed by atoms with Crippen LogP contribution in [0.15, 0.2) is 24.3 Å². The highest BCUT2D eigenvalue weighted by Gasteiger charge is 2.23. The van der Waals surface area contributed by atoms with Crippen molar-refractivity contribution in [2.24, 2.45) is 0 Å². The van der Waals surface area contributed by atoms with Gasteiger partial charge in [0, 0.05) is 24.3 Å². The van der Waals surface area contributed by atoms with Gasteiger partial charge < -0.3 is 10.6 Å². The monoisotopic (exact) mass is 300 g/mol. The number of rotatable bonds is 4. The number of nitrogens with zero attached hydrogens (tertiary/aromatic N) is 2. The zero-order valence-corrected chi connectivity index (χ0v) is 13.3. The highest BCUT2D eigenvalue weighted by atomic mass is 16.2. The number of benzene rings is 1. The molecule has 0 saturated carbocycles. The van der Waals surface area contributed by atoms with Crippen LogP contribution in [0.4, 0.5) is 10.5 Å². The SMILES string of the molecule is C[C@@H]1CCCCN1[C@@H](C)CNC(=O)Nc1ccc(C#N)cc1. The first-order valence-corrected chi connectivity index (χ1v) is 7.91. The summed E-state index contributed by atoms with van der Waals surface area (Å²) in [4.78, 5) is 14.4. The standard InChI is InChI=1S/C17H24N4O/c1-13-5-3-4-10-21(13)14(2)12-19-17(22)20-16-8-6-15(11-18)7-9-16/h6-9,13-14H,3-5,10,12H2,1-2H3,(H2,19,20,22)/t13-,14+/m1/s1. The number of anilines is 1. The van der Waals surface area contributed by atoms with Crippen molar-refractivity contribution in [1.82, 2.24) is 10.2 Å². The largest absolute Gasteiger partial charge is 0.336 e. The summed E-state index contributed by atoms with van der Waals surface area (Å²) in [6.45, 7) is 6.16. The maximum Gasteiger partial charge on any atom is 0.319 e. The summed E-state index contributed by atoms with van der Waals surface area (Å²) in [6.07, 6.45) is 3.78. The van der Waals surface area contributed by atoms with Gasteiger partial charge in [-0.05, 0) is 57.5 Å². The van der Waals surface area contributed by atoms with E-state index < -0.39 is 0 Å². The van der Waals surface area contributed by atoms with Crippen LogP contribution in [0.3, 0.4) is 0 Å². The predicted molar refractivity (Wildman–Crippen MR) is 87.7 cm³/mol. The number of urea groups is 1. The number of carbonyl (C=O) groups excluding carboxylic acids is 1. The van der Waals surface area contributed by atoms with Crippen molar-refractivity contribution >= 4 is 11.7 Å². The summed E-state index contributed by atoms with van der Waals surface area (Å²) in [7, 11) is 0. The summed E-state index contributed by atoms with van der Waals surface area (Å²) in [5.74, 6) is 0. The van der Waals surface area contributed by atoms with Crippen molar-refractivity contribution in [3.63, 3.8) is 0 Å². The van der Waals surface area contributed by atoms with E-state index in [1.54, 1.807) is 24.3 Å². The molecule has 118 valence electrons. The van der Waals surface area contributed by atoms with Crippen LogP contribution in [0.1, 0.15) is 38.7 Å². The zero-order chi connectivity index (χ0) is 15.9. The minimum atomic E-state index is -0.207. The van der Waals surface area contributed by atoms with Gasteiger partial charge in [-0.25, -0.2) is 4.79 Å². The van der Waals surface area contributed by atoms with Gasteiger partial charge in [0.15, 0.2) is 0 Å². The van der Waals surface area contributed by atoms with Crippen LogP contribution >= 0.6 is 0 Å². The molecule has 2 amide bonds. The smallest absolute Gasteiger partial charge is 0.319 e. The molecular formula is C17H24N4O. The Bertz CT molecular complexity index is 535. The van der Waals surface area contributed by atoms with E-state index in [0.29, 0.717) is 29.9 Å². The summed E-state index contributed by atoms with van der Waals surface area (Å²) in [6, 6.07) is 9.61.